The smallest absolute Gasteiger partial charge is 0.289 e. The van der Waals surface area contributed by atoms with Crippen molar-refractivity contribution in [3.8, 4) is 0 Å². The minimum absolute atomic E-state index is 0.0754. The number of nitrogens with two attached hydrogens (primary N) is 1. The van der Waals surface area contributed by atoms with E-state index in [1.54, 1.807) is 0 Å². The molecule has 1 heterocycles. The largest absolute Gasteiger partial charge is 0.365 e. The summed E-state index contributed by atoms with van der Waals surface area (Å²) in [5.41, 5.74) is 5.47. The molecule has 0 radical (unpaired) electrons. The molecule has 0 spiro atoms. The Kier molecular flexibility index (Phi) is 5.11. The molecule has 0 aliphatic carbocycles. The second kappa shape index (κ2) is 6.36. The molecule has 0 bridgehead atoms. The third-order valence-corrected chi connectivity index (χ3v) is 2.59. The number of halogens is 1. The molecule has 0 saturated carbocycles. The number of rotatable bonds is 6. The molecule has 1 rings (SSSR count). The van der Waals surface area contributed by atoms with Crippen molar-refractivity contribution in [2.45, 2.75) is 25.8 Å². The summed E-state index contributed by atoms with van der Waals surface area (Å²) < 4.78 is 0. The average molecular weight is 259 g/mol. The van der Waals surface area contributed by atoms with Crippen LogP contribution in [0.1, 0.15) is 19.8 Å². The van der Waals surface area contributed by atoms with E-state index in [2.05, 4.69) is 17.2 Å². The normalized spacial score (nSPS) is 12.2. The van der Waals surface area contributed by atoms with Crippen LogP contribution in [0.25, 0.3) is 0 Å². The molecule has 6 nitrogen and oxygen atoms in total. The number of hydrogen-bond acceptors (Lipinski definition) is 5. The zero-order chi connectivity index (χ0) is 12.8. The fourth-order valence-corrected chi connectivity index (χ4v) is 1.64. The van der Waals surface area contributed by atoms with Crippen molar-refractivity contribution in [1.29, 1.82) is 0 Å². The average Bonchev–Trinajstić information content (AvgIpc) is 2.30. The van der Waals surface area contributed by atoms with Gasteiger partial charge in [0.2, 0.25) is 0 Å². The highest BCUT2D eigenvalue weighted by Gasteiger charge is 2.13. The number of aromatic nitrogens is 1. The van der Waals surface area contributed by atoms with Crippen LogP contribution >= 0.6 is 11.6 Å². The molecule has 0 amide bonds. The molecular formula is C10H15ClN4O2. The van der Waals surface area contributed by atoms with E-state index in [0.717, 1.165) is 12.8 Å². The highest BCUT2D eigenvalue weighted by molar-refractivity contribution is 6.33. The first kappa shape index (κ1) is 13.7. The topological polar surface area (TPSA) is 94.1 Å². The number of nitrogens with one attached hydrogen (secondary N) is 1. The van der Waals surface area contributed by atoms with Crippen molar-refractivity contribution in [1.82, 2.24) is 4.98 Å². The standard InChI is InChI=1S/C10H15ClN4O2/c1-2-3-7(5-12)14-10-9(11)4-8(6-13-10)15(16)17/h4,6-7H,2-3,5,12H2,1H3,(H,13,14). The number of pyridine rings is 1. The van der Waals surface area contributed by atoms with Crippen LogP contribution in [0.15, 0.2) is 12.3 Å². The molecule has 0 fully saturated rings. The molecule has 17 heavy (non-hydrogen) atoms. The predicted molar refractivity (Wildman–Crippen MR) is 67.3 cm³/mol. The van der Waals surface area contributed by atoms with E-state index in [9.17, 15) is 10.1 Å². The third-order valence-electron chi connectivity index (χ3n) is 2.30. The summed E-state index contributed by atoms with van der Waals surface area (Å²) >= 11 is 5.90. The molecule has 1 atom stereocenters. The van der Waals surface area contributed by atoms with Gasteiger partial charge in [-0.25, -0.2) is 4.98 Å². The second-order valence-electron chi connectivity index (χ2n) is 3.65. The lowest BCUT2D eigenvalue weighted by atomic mass is 10.1. The molecule has 1 unspecified atom stereocenters. The Labute approximate surface area is 104 Å². The maximum Gasteiger partial charge on any atom is 0.289 e. The lowest BCUT2D eigenvalue weighted by Crippen LogP contribution is -2.29. The summed E-state index contributed by atoms with van der Waals surface area (Å²) in [4.78, 5) is 13.9. The van der Waals surface area contributed by atoms with Gasteiger partial charge in [0.1, 0.15) is 12.0 Å². The van der Waals surface area contributed by atoms with Gasteiger partial charge in [0.25, 0.3) is 5.69 Å². The molecule has 7 heteroatoms. The number of nitrogens with zero attached hydrogens (tertiary/aromatic N) is 2. The van der Waals surface area contributed by atoms with Crippen LogP contribution in [0.5, 0.6) is 0 Å². The lowest BCUT2D eigenvalue weighted by Gasteiger charge is -2.17. The number of nitro groups is 1. The van der Waals surface area contributed by atoms with Crippen molar-refractivity contribution in [2.24, 2.45) is 5.73 Å². The van der Waals surface area contributed by atoms with E-state index in [1.807, 2.05) is 0 Å². The van der Waals surface area contributed by atoms with E-state index in [4.69, 9.17) is 17.3 Å². The Morgan fingerprint density at radius 2 is 2.41 bits per heavy atom. The number of anilines is 1. The van der Waals surface area contributed by atoms with Gasteiger partial charge in [-0.15, -0.1) is 0 Å². The van der Waals surface area contributed by atoms with E-state index < -0.39 is 4.92 Å². The maximum absolute atomic E-state index is 10.5. The highest BCUT2D eigenvalue weighted by atomic mass is 35.5. The van der Waals surface area contributed by atoms with Gasteiger partial charge in [-0.1, -0.05) is 24.9 Å². The van der Waals surface area contributed by atoms with Gasteiger partial charge in [-0.2, -0.15) is 0 Å². The molecule has 0 aromatic carbocycles. The molecule has 0 saturated heterocycles. The molecule has 3 N–H and O–H groups in total. The zero-order valence-corrected chi connectivity index (χ0v) is 10.3. The first-order chi connectivity index (χ1) is 8.08. The van der Waals surface area contributed by atoms with Crippen LogP contribution in [-0.4, -0.2) is 22.5 Å². The van der Waals surface area contributed by atoms with Crippen molar-refractivity contribution < 1.29 is 4.92 Å². The van der Waals surface area contributed by atoms with Crippen LogP contribution in [-0.2, 0) is 0 Å². The summed E-state index contributed by atoms with van der Waals surface area (Å²) in [6.45, 7) is 2.51. The molecule has 0 aliphatic rings. The summed E-state index contributed by atoms with van der Waals surface area (Å²) in [5.74, 6) is 0.432. The van der Waals surface area contributed by atoms with Crippen LogP contribution in [0, 0.1) is 10.1 Å². The van der Waals surface area contributed by atoms with Crippen LogP contribution in [0.4, 0.5) is 11.5 Å². The molecular weight excluding hydrogens is 244 g/mol. The lowest BCUT2D eigenvalue weighted by molar-refractivity contribution is -0.385. The third kappa shape index (κ3) is 3.83. The van der Waals surface area contributed by atoms with Crippen molar-refractivity contribution in [3.63, 3.8) is 0 Å². The van der Waals surface area contributed by atoms with E-state index >= 15 is 0 Å². The van der Waals surface area contributed by atoms with Crippen molar-refractivity contribution in [2.75, 3.05) is 11.9 Å². The summed E-state index contributed by atoms with van der Waals surface area (Å²) in [5, 5.41) is 13.8. The zero-order valence-electron chi connectivity index (χ0n) is 9.52. The van der Waals surface area contributed by atoms with E-state index in [-0.39, 0.29) is 16.8 Å². The van der Waals surface area contributed by atoms with E-state index in [0.29, 0.717) is 12.4 Å². The summed E-state index contributed by atoms with van der Waals surface area (Å²) in [6, 6.07) is 1.35. The van der Waals surface area contributed by atoms with Crippen LogP contribution in [0.2, 0.25) is 5.02 Å². The highest BCUT2D eigenvalue weighted by Crippen LogP contribution is 2.24. The van der Waals surface area contributed by atoms with Gasteiger partial charge in [-0.3, -0.25) is 10.1 Å². The Balaban J connectivity index is 2.81. The first-order valence-corrected chi connectivity index (χ1v) is 5.72. The summed E-state index contributed by atoms with van der Waals surface area (Å²) in [7, 11) is 0. The Morgan fingerprint density at radius 1 is 1.71 bits per heavy atom. The molecule has 1 aromatic rings. The fourth-order valence-electron chi connectivity index (χ4n) is 1.42. The Bertz CT molecular complexity index is 400. The minimum Gasteiger partial charge on any atom is -0.365 e. The van der Waals surface area contributed by atoms with Crippen LogP contribution < -0.4 is 11.1 Å². The second-order valence-corrected chi connectivity index (χ2v) is 4.05. The monoisotopic (exact) mass is 258 g/mol. The van der Waals surface area contributed by atoms with Gasteiger partial charge < -0.3 is 11.1 Å². The van der Waals surface area contributed by atoms with Gasteiger partial charge in [0.15, 0.2) is 0 Å². The Morgan fingerprint density at radius 3 is 2.88 bits per heavy atom. The molecule has 0 aliphatic heterocycles. The maximum atomic E-state index is 10.5. The van der Waals surface area contributed by atoms with Crippen molar-refractivity contribution >= 4 is 23.1 Å². The van der Waals surface area contributed by atoms with Gasteiger partial charge >= 0.3 is 0 Å². The van der Waals surface area contributed by atoms with Crippen LogP contribution in [0.3, 0.4) is 0 Å². The van der Waals surface area contributed by atoms with Gasteiger partial charge in [-0.05, 0) is 6.42 Å². The fraction of sp³-hybridized carbons (Fsp3) is 0.500. The quantitative estimate of drug-likeness (QED) is 0.602. The molecule has 1 aromatic heterocycles. The number of hydrogen-bond donors (Lipinski definition) is 2. The van der Waals surface area contributed by atoms with Gasteiger partial charge in [0, 0.05) is 18.7 Å². The first-order valence-electron chi connectivity index (χ1n) is 5.35. The predicted octanol–water partition coefficient (Wildman–Crippen LogP) is 2.18. The minimum atomic E-state index is -0.533. The Hall–Kier alpha value is -1.40. The SMILES string of the molecule is CCCC(CN)Nc1ncc([N+](=O)[O-])cc1Cl. The van der Waals surface area contributed by atoms with Crippen molar-refractivity contribution in [3.05, 3.63) is 27.4 Å². The molecule has 94 valence electrons. The van der Waals surface area contributed by atoms with Gasteiger partial charge in [0.05, 0.1) is 9.95 Å². The summed E-state index contributed by atoms with van der Waals surface area (Å²) in [6.07, 6.45) is 3.05. The van der Waals surface area contributed by atoms with E-state index in [1.165, 1.54) is 12.3 Å².